The first-order valence-electron chi connectivity index (χ1n) is 19.3. The molecule has 0 aliphatic carbocycles. The number of hydrogen-bond donors (Lipinski definition) is 0. The molecule has 8 aromatic carbocycles. The molecule has 57 heavy (non-hydrogen) atoms. The summed E-state index contributed by atoms with van der Waals surface area (Å²) in [5, 5.41) is 6.74. The lowest BCUT2D eigenvalue weighted by atomic mass is 9.96. The Hall–Kier alpha value is -7.69. The van der Waals surface area contributed by atoms with Crippen molar-refractivity contribution in [1.82, 2.24) is 9.55 Å². The van der Waals surface area contributed by atoms with E-state index in [1.54, 1.807) is 0 Å². The minimum atomic E-state index is 0.828. The van der Waals surface area contributed by atoms with E-state index < -0.39 is 0 Å². The fourth-order valence-corrected chi connectivity index (χ4v) is 8.78. The zero-order valence-electron chi connectivity index (χ0n) is 30.7. The molecule has 0 atom stereocenters. The average Bonchev–Trinajstić information content (AvgIpc) is 3.96. The van der Waals surface area contributed by atoms with E-state index in [0.29, 0.717) is 0 Å². The highest BCUT2D eigenvalue weighted by molar-refractivity contribution is 6.16. The van der Waals surface area contributed by atoms with Gasteiger partial charge in [0.1, 0.15) is 22.3 Å². The number of fused-ring (bicyclic) bond motifs is 9. The van der Waals surface area contributed by atoms with Crippen molar-refractivity contribution in [3.05, 3.63) is 194 Å². The van der Waals surface area contributed by atoms with Gasteiger partial charge in [0, 0.05) is 54.7 Å². The van der Waals surface area contributed by atoms with Gasteiger partial charge in [-0.1, -0.05) is 127 Å². The van der Waals surface area contributed by atoms with Gasteiger partial charge >= 0.3 is 0 Å². The van der Waals surface area contributed by atoms with E-state index in [-0.39, 0.29) is 0 Å². The van der Waals surface area contributed by atoms with Crippen molar-refractivity contribution in [3.63, 3.8) is 0 Å². The standard InChI is InChI=1S/C53H32N2O2/c1-3-13-33(14-4-1)36-30-45(35-25-27-41-40-18-8-10-23-49(40)56-51(41)32-35)54-46(31-36)42-20-12-24-50-52(42)43-21-11-19-38(53(43)57-50)34-26-28-48-44(29-34)39-17-7-9-22-47(39)55(48)37-15-5-2-6-16-37/h1-32H. The van der Waals surface area contributed by atoms with Crippen LogP contribution in [0.25, 0.3) is 116 Å². The molecule has 266 valence electrons. The second kappa shape index (κ2) is 12.4. The molecule has 4 heteroatoms. The number of rotatable bonds is 5. The fourth-order valence-electron chi connectivity index (χ4n) is 8.78. The van der Waals surface area contributed by atoms with Crippen molar-refractivity contribution >= 4 is 65.7 Å². The number of para-hydroxylation sites is 4. The molecule has 12 rings (SSSR count). The molecule has 0 unspecified atom stereocenters. The summed E-state index contributed by atoms with van der Waals surface area (Å²) in [6, 6.07) is 68.3. The van der Waals surface area contributed by atoms with E-state index in [0.717, 1.165) is 94.3 Å². The number of furan rings is 2. The van der Waals surface area contributed by atoms with E-state index >= 15 is 0 Å². The lowest BCUT2D eigenvalue weighted by Gasteiger charge is -2.11. The Morgan fingerprint density at radius 1 is 0.351 bits per heavy atom. The van der Waals surface area contributed by atoms with E-state index in [1.165, 1.54) is 21.8 Å². The minimum absolute atomic E-state index is 0.828. The Morgan fingerprint density at radius 3 is 1.91 bits per heavy atom. The molecule has 4 heterocycles. The molecule has 0 amide bonds. The van der Waals surface area contributed by atoms with Crippen LogP contribution in [0.1, 0.15) is 0 Å². The molecule has 0 fully saturated rings. The molecule has 0 radical (unpaired) electrons. The van der Waals surface area contributed by atoms with Crippen LogP contribution in [-0.2, 0) is 0 Å². The summed E-state index contributed by atoms with van der Waals surface area (Å²) in [6.45, 7) is 0. The van der Waals surface area contributed by atoms with Crippen molar-refractivity contribution in [2.45, 2.75) is 0 Å². The van der Waals surface area contributed by atoms with Crippen molar-refractivity contribution in [2.75, 3.05) is 0 Å². The number of pyridine rings is 1. The highest BCUT2D eigenvalue weighted by Crippen LogP contribution is 2.43. The van der Waals surface area contributed by atoms with Gasteiger partial charge in [-0.25, -0.2) is 4.98 Å². The quantitative estimate of drug-likeness (QED) is 0.177. The number of nitrogens with zero attached hydrogens (tertiary/aromatic N) is 2. The first-order valence-corrected chi connectivity index (χ1v) is 19.3. The molecule has 0 aliphatic rings. The largest absolute Gasteiger partial charge is 0.456 e. The Balaban J connectivity index is 1.04. The second-order valence-electron chi connectivity index (χ2n) is 14.7. The topological polar surface area (TPSA) is 44.1 Å². The Kier molecular flexibility index (Phi) is 6.89. The molecule has 0 N–H and O–H groups in total. The highest BCUT2D eigenvalue weighted by Gasteiger charge is 2.20. The highest BCUT2D eigenvalue weighted by atomic mass is 16.3. The summed E-state index contributed by atoms with van der Waals surface area (Å²) in [5.74, 6) is 0. The van der Waals surface area contributed by atoms with Crippen LogP contribution in [0.4, 0.5) is 0 Å². The lowest BCUT2D eigenvalue weighted by molar-refractivity contribution is 0.669. The number of aromatic nitrogens is 2. The molecule has 4 nitrogen and oxygen atoms in total. The lowest BCUT2D eigenvalue weighted by Crippen LogP contribution is -1.92. The van der Waals surface area contributed by atoms with Gasteiger partial charge in [-0.05, 0) is 83.4 Å². The molecule has 4 aromatic heterocycles. The molecule has 0 bridgehead atoms. The van der Waals surface area contributed by atoms with Crippen LogP contribution in [0.2, 0.25) is 0 Å². The van der Waals surface area contributed by atoms with Gasteiger partial charge in [-0.2, -0.15) is 0 Å². The summed E-state index contributed by atoms with van der Waals surface area (Å²) in [5.41, 5.74) is 15.1. The van der Waals surface area contributed by atoms with Gasteiger partial charge in [-0.3, -0.25) is 0 Å². The van der Waals surface area contributed by atoms with Gasteiger partial charge in [0.05, 0.1) is 22.4 Å². The summed E-state index contributed by atoms with van der Waals surface area (Å²) < 4.78 is 15.5. The SMILES string of the molecule is c1ccc(-c2cc(-c3ccc4c(c3)oc3ccccc34)nc(-c3cccc4oc5c(-c6ccc7c(c6)c6ccccc6n7-c6ccccc6)cccc5c34)c2)cc1. The second-order valence-corrected chi connectivity index (χ2v) is 14.7. The van der Waals surface area contributed by atoms with Crippen LogP contribution >= 0.6 is 0 Å². The smallest absolute Gasteiger partial charge is 0.143 e. The first kappa shape index (κ1) is 31.6. The maximum atomic E-state index is 6.84. The van der Waals surface area contributed by atoms with Gasteiger partial charge < -0.3 is 13.4 Å². The first-order chi connectivity index (χ1) is 28.2. The van der Waals surface area contributed by atoms with Crippen LogP contribution in [0.3, 0.4) is 0 Å². The zero-order valence-corrected chi connectivity index (χ0v) is 30.7. The van der Waals surface area contributed by atoms with Crippen LogP contribution in [-0.4, -0.2) is 9.55 Å². The monoisotopic (exact) mass is 728 g/mol. The van der Waals surface area contributed by atoms with E-state index in [1.807, 2.05) is 12.1 Å². The van der Waals surface area contributed by atoms with Crippen molar-refractivity contribution in [1.29, 1.82) is 0 Å². The summed E-state index contributed by atoms with van der Waals surface area (Å²) in [7, 11) is 0. The minimum Gasteiger partial charge on any atom is -0.456 e. The predicted octanol–water partition coefficient (Wildman–Crippen LogP) is 14.6. The zero-order chi connectivity index (χ0) is 37.5. The molecule has 0 saturated heterocycles. The van der Waals surface area contributed by atoms with Crippen molar-refractivity contribution in [2.24, 2.45) is 0 Å². The van der Waals surface area contributed by atoms with Gasteiger partial charge in [0.2, 0.25) is 0 Å². The normalized spacial score (nSPS) is 11.9. The maximum Gasteiger partial charge on any atom is 0.143 e. The fraction of sp³-hybridized carbons (Fsp3) is 0. The molecular formula is C53H32N2O2. The molecular weight excluding hydrogens is 697 g/mol. The maximum absolute atomic E-state index is 6.84. The summed E-state index contributed by atoms with van der Waals surface area (Å²) in [6.07, 6.45) is 0. The third-order valence-corrected chi connectivity index (χ3v) is 11.4. The molecule has 0 aliphatic heterocycles. The summed E-state index contributed by atoms with van der Waals surface area (Å²) >= 11 is 0. The van der Waals surface area contributed by atoms with E-state index in [4.69, 9.17) is 13.8 Å². The Bertz CT molecular complexity index is 3520. The van der Waals surface area contributed by atoms with Gasteiger partial charge in [0.25, 0.3) is 0 Å². The number of hydrogen-bond acceptors (Lipinski definition) is 3. The third-order valence-electron chi connectivity index (χ3n) is 11.4. The molecule has 12 aromatic rings. The van der Waals surface area contributed by atoms with Crippen LogP contribution < -0.4 is 0 Å². The Morgan fingerprint density at radius 2 is 1.02 bits per heavy atom. The Labute approximate surface area is 327 Å². The molecule has 0 saturated carbocycles. The van der Waals surface area contributed by atoms with Crippen molar-refractivity contribution < 1.29 is 8.83 Å². The number of benzene rings is 8. The average molecular weight is 729 g/mol. The predicted molar refractivity (Wildman–Crippen MR) is 235 cm³/mol. The van der Waals surface area contributed by atoms with Crippen molar-refractivity contribution in [3.8, 4) is 50.5 Å². The van der Waals surface area contributed by atoms with Gasteiger partial charge in [-0.15, -0.1) is 0 Å². The third kappa shape index (κ3) is 4.98. The van der Waals surface area contributed by atoms with Crippen LogP contribution in [0, 0.1) is 0 Å². The van der Waals surface area contributed by atoms with Crippen LogP contribution in [0.5, 0.6) is 0 Å². The van der Waals surface area contributed by atoms with Crippen LogP contribution in [0.15, 0.2) is 203 Å². The van der Waals surface area contributed by atoms with Gasteiger partial charge in [0.15, 0.2) is 0 Å². The van der Waals surface area contributed by atoms with E-state index in [2.05, 4.69) is 187 Å². The molecule has 0 spiro atoms. The summed E-state index contributed by atoms with van der Waals surface area (Å²) in [4.78, 5) is 5.38. The van der Waals surface area contributed by atoms with E-state index in [9.17, 15) is 0 Å².